The monoisotopic (exact) mass is 203 g/mol. The van der Waals surface area contributed by atoms with Crippen LogP contribution in [0.1, 0.15) is 56.6 Å². The number of fused-ring (bicyclic) bond motifs is 1. The smallest absolute Gasteiger partial charge is 0.0352 e. The van der Waals surface area contributed by atoms with E-state index in [0.717, 1.165) is 17.5 Å². The van der Waals surface area contributed by atoms with E-state index in [2.05, 4.69) is 32.9 Å². The SMILES string of the molecule is CC(C)C[C@@H]1C[C@H](C)c2c(N)cccc21. The summed E-state index contributed by atoms with van der Waals surface area (Å²) in [6.07, 6.45) is 2.57. The third-order valence-electron chi connectivity index (χ3n) is 3.50. The van der Waals surface area contributed by atoms with Crippen molar-refractivity contribution in [2.24, 2.45) is 5.92 Å². The lowest BCUT2D eigenvalue weighted by Gasteiger charge is -2.14. The predicted octanol–water partition coefficient (Wildman–Crippen LogP) is 3.91. The van der Waals surface area contributed by atoms with Crippen LogP contribution in [-0.2, 0) is 0 Å². The number of anilines is 1. The molecule has 1 aromatic carbocycles. The predicted molar refractivity (Wildman–Crippen MR) is 66.1 cm³/mol. The van der Waals surface area contributed by atoms with Gasteiger partial charge in [-0.1, -0.05) is 32.9 Å². The molecule has 0 saturated heterocycles. The number of hydrogen-bond donors (Lipinski definition) is 1. The summed E-state index contributed by atoms with van der Waals surface area (Å²) in [5.74, 6) is 2.15. The molecule has 1 nitrogen and oxygen atoms in total. The average molecular weight is 203 g/mol. The van der Waals surface area contributed by atoms with Gasteiger partial charge in [-0.25, -0.2) is 0 Å². The lowest BCUT2D eigenvalue weighted by Crippen LogP contribution is -1.99. The molecule has 0 fully saturated rings. The molecule has 0 amide bonds. The van der Waals surface area contributed by atoms with Crippen LogP contribution in [0.5, 0.6) is 0 Å². The van der Waals surface area contributed by atoms with E-state index in [1.54, 1.807) is 0 Å². The highest BCUT2D eigenvalue weighted by Crippen LogP contribution is 2.46. The summed E-state index contributed by atoms with van der Waals surface area (Å²) in [7, 11) is 0. The van der Waals surface area contributed by atoms with Crippen molar-refractivity contribution < 1.29 is 0 Å². The van der Waals surface area contributed by atoms with E-state index < -0.39 is 0 Å². The van der Waals surface area contributed by atoms with E-state index in [1.807, 2.05) is 6.07 Å². The number of benzene rings is 1. The molecule has 0 aromatic heterocycles. The van der Waals surface area contributed by atoms with Gasteiger partial charge >= 0.3 is 0 Å². The van der Waals surface area contributed by atoms with Crippen LogP contribution in [0.15, 0.2) is 18.2 Å². The van der Waals surface area contributed by atoms with Crippen molar-refractivity contribution in [1.29, 1.82) is 0 Å². The number of nitrogen functional groups attached to an aromatic ring is 1. The van der Waals surface area contributed by atoms with Crippen LogP contribution < -0.4 is 5.73 Å². The molecule has 0 saturated carbocycles. The molecule has 82 valence electrons. The zero-order valence-electron chi connectivity index (χ0n) is 9.96. The first kappa shape index (κ1) is 10.5. The summed E-state index contributed by atoms with van der Waals surface area (Å²) in [6, 6.07) is 6.40. The minimum Gasteiger partial charge on any atom is -0.398 e. The molecule has 0 heterocycles. The number of nitrogens with two attached hydrogens (primary N) is 1. The van der Waals surface area contributed by atoms with Crippen LogP contribution in [-0.4, -0.2) is 0 Å². The van der Waals surface area contributed by atoms with E-state index >= 15 is 0 Å². The standard InChI is InChI=1S/C14H21N/c1-9(2)7-11-8-10(3)14-12(11)5-4-6-13(14)15/h4-6,9-11H,7-8,15H2,1-3H3/t10-,11+/m0/s1. The first-order valence-corrected chi connectivity index (χ1v) is 5.98. The summed E-state index contributed by atoms with van der Waals surface area (Å²) in [5, 5.41) is 0. The Balaban J connectivity index is 2.34. The van der Waals surface area contributed by atoms with Crippen molar-refractivity contribution in [2.75, 3.05) is 5.73 Å². The first-order valence-electron chi connectivity index (χ1n) is 5.98. The second-order valence-electron chi connectivity index (χ2n) is 5.31. The van der Waals surface area contributed by atoms with Crippen molar-refractivity contribution in [3.8, 4) is 0 Å². The Kier molecular flexibility index (Phi) is 2.72. The minimum absolute atomic E-state index is 0.643. The van der Waals surface area contributed by atoms with E-state index in [0.29, 0.717) is 5.92 Å². The Morgan fingerprint density at radius 1 is 1.40 bits per heavy atom. The third kappa shape index (κ3) is 1.88. The van der Waals surface area contributed by atoms with Crippen LogP contribution >= 0.6 is 0 Å². The zero-order chi connectivity index (χ0) is 11.0. The highest BCUT2D eigenvalue weighted by molar-refractivity contribution is 5.56. The zero-order valence-corrected chi connectivity index (χ0v) is 9.96. The molecular formula is C14H21N. The summed E-state index contributed by atoms with van der Waals surface area (Å²) in [5.41, 5.74) is 9.98. The molecular weight excluding hydrogens is 182 g/mol. The Morgan fingerprint density at radius 2 is 2.13 bits per heavy atom. The van der Waals surface area contributed by atoms with Gasteiger partial charge in [0.15, 0.2) is 0 Å². The van der Waals surface area contributed by atoms with E-state index in [-0.39, 0.29) is 0 Å². The molecule has 1 heteroatoms. The van der Waals surface area contributed by atoms with Crippen molar-refractivity contribution >= 4 is 5.69 Å². The molecule has 2 N–H and O–H groups in total. The van der Waals surface area contributed by atoms with Gasteiger partial charge in [0.2, 0.25) is 0 Å². The van der Waals surface area contributed by atoms with Gasteiger partial charge in [0.1, 0.15) is 0 Å². The van der Waals surface area contributed by atoms with E-state index in [9.17, 15) is 0 Å². The fourth-order valence-corrected chi connectivity index (χ4v) is 2.99. The Morgan fingerprint density at radius 3 is 2.80 bits per heavy atom. The van der Waals surface area contributed by atoms with Gasteiger partial charge in [-0.3, -0.25) is 0 Å². The van der Waals surface area contributed by atoms with Crippen LogP contribution in [0.3, 0.4) is 0 Å². The number of hydrogen-bond acceptors (Lipinski definition) is 1. The fourth-order valence-electron chi connectivity index (χ4n) is 2.99. The maximum atomic E-state index is 6.06. The van der Waals surface area contributed by atoms with Crippen LogP contribution in [0, 0.1) is 5.92 Å². The van der Waals surface area contributed by atoms with Gasteiger partial charge in [0.25, 0.3) is 0 Å². The number of rotatable bonds is 2. The highest BCUT2D eigenvalue weighted by atomic mass is 14.6. The Hall–Kier alpha value is -0.980. The van der Waals surface area contributed by atoms with Crippen molar-refractivity contribution in [3.05, 3.63) is 29.3 Å². The minimum atomic E-state index is 0.643. The van der Waals surface area contributed by atoms with Crippen molar-refractivity contribution in [1.82, 2.24) is 0 Å². The van der Waals surface area contributed by atoms with Crippen molar-refractivity contribution in [3.63, 3.8) is 0 Å². The summed E-state index contributed by atoms with van der Waals surface area (Å²) < 4.78 is 0. The molecule has 0 unspecified atom stereocenters. The quantitative estimate of drug-likeness (QED) is 0.725. The van der Waals surface area contributed by atoms with Crippen molar-refractivity contribution in [2.45, 2.75) is 45.4 Å². The van der Waals surface area contributed by atoms with Gasteiger partial charge in [-0.05, 0) is 47.8 Å². The lowest BCUT2D eigenvalue weighted by atomic mass is 9.91. The van der Waals surface area contributed by atoms with Gasteiger partial charge in [0.05, 0.1) is 0 Å². The maximum absolute atomic E-state index is 6.06. The molecule has 2 rings (SSSR count). The largest absolute Gasteiger partial charge is 0.398 e. The third-order valence-corrected chi connectivity index (χ3v) is 3.50. The van der Waals surface area contributed by atoms with Gasteiger partial charge < -0.3 is 5.73 Å². The normalized spacial score (nSPS) is 24.5. The molecule has 0 aliphatic heterocycles. The highest BCUT2D eigenvalue weighted by Gasteiger charge is 2.29. The maximum Gasteiger partial charge on any atom is 0.0352 e. The lowest BCUT2D eigenvalue weighted by molar-refractivity contribution is 0.481. The molecule has 0 radical (unpaired) electrons. The Bertz CT molecular complexity index is 354. The van der Waals surface area contributed by atoms with Gasteiger partial charge in [-0.15, -0.1) is 0 Å². The van der Waals surface area contributed by atoms with Crippen LogP contribution in [0.25, 0.3) is 0 Å². The van der Waals surface area contributed by atoms with Gasteiger partial charge in [0, 0.05) is 5.69 Å². The molecule has 1 aromatic rings. The summed E-state index contributed by atoms with van der Waals surface area (Å²) in [4.78, 5) is 0. The van der Waals surface area contributed by atoms with E-state index in [4.69, 9.17) is 5.73 Å². The molecule has 2 atom stereocenters. The Labute approximate surface area is 92.7 Å². The molecule has 1 aliphatic rings. The van der Waals surface area contributed by atoms with Crippen LogP contribution in [0.2, 0.25) is 0 Å². The first-order chi connectivity index (χ1) is 7.09. The van der Waals surface area contributed by atoms with Gasteiger partial charge in [-0.2, -0.15) is 0 Å². The van der Waals surface area contributed by atoms with Crippen LogP contribution in [0.4, 0.5) is 5.69 Å². The average Bonchev–Trinajstić information content (AvgIpc) is 2.44. The second kappa shape index (κ2) is 3.88. The van der Waals surface area contributed by atoms with E-state index in [1.165, 1.54) is 24.0 Å². The molecule has 0 bridgehead atoms. The topological polar surface area (TPSA) is 26.0 Å². The summed E-state index contributed by atoms with van der Waals surface area (Å²) in [6.45, 7) is 6.90. The second-order valence-corrected chi connectivity index (χ2v) is 5.31. The fraction of sp³-hybridized carbons (Fsp3) is 0.571. The summed E-state index contributed by atoms with van der Waals surface area (Å²) >= 11 is 0. The molecule has 1 aliphatic carbocycles. The molecule has 0 spiro atoms. The molecule has 15 heavy (non-hydrogen) atoms.